The molecule has 138 valence electrons. The molecule has 26 heavy (non-hydrogen) atoms. The smallest absolute Gasteiger partial charge is 0.329 e. The van der Waals surface area contributed by atoms with Crippen LogP contribution >= 0.6 is 0 Å². The van der Waals surface area contributed by atoms with Gasteiger partial charge in [-0.25, -0.2) is 4.39 Å². The van der Waals surface area contributed by atoms with Crippen LogP contribution < -0.4 is 5.32 Å². The van der Waals surface area contributed by atoms with Crippen molar-refractivity contribution in [3.05, 3.63) is 65.5 Å². The van der Waals surface area contributed by atoms with Gasteiger partial charge in [-0.1, -0.05) is 12.1 Å². The predicted octanol–water partition coefficient (Wildman–Crippen LogP) is 3.83. The summed E-state index contributed by atoms with van der Waals surface area (Å²) in [4.78, 5) is 25.0. The summed E-state index contributed by atoms with van der Waals surface area (Å²) in [6, 6.07) is 9.48. The summed E-state index contributed by atoms with van der Waals surface area (Å²) in [5.41, 5.74) is 0.00869. The molecule has 0 saturated carbocycles. The molecule has 0 aliphatic rings. The largest absolute Gasteiger partial charge is 0.416 e. The predicted molar refractivity (Wildman–Crippen MR) is 87.6 cm³/mol. The summed E-state index contributed by atoms with van der Waals surface area (Å²) < 4.78 is 50.5. The average Bonchev–Trinajstić information content (AvgIpc) is 2.55. The van der Waals surface area contributed by atoms with Crippen LogP contribution in [0.1, 0.15) is 18.1 Å². The van der Waals surface area contributed by atoms with Gasteiger partial charge in [0.25, 0.3) is 0 Å². The molecular weight excluding hydrogens is 352 g/mol. The molecule has 0 aliphatic heterocycles. The lowest BCUT2D eigenvalue weighted by Crippen LogP contribution is -2.36. The third-order valence-electron chi connectivity index (χ3n) is 3.56. The third kappa shape index (κ3) is 5.58. The lowest BCUT2D eigenvalue weighted by Gasteiger charge is -2.20. The minimum Gasteiger partial charge on any atom is -0.329 e. The number of halogens is 4. The van der Waals surface area contributed by atoms with Gasteiger partial charge in [-0.3, -0.25) is 9.59 Å². The van der Waals surface area contributed by atoms with Gasteiger partial charge in [0.15, 0.2) is 0 Å². The Morgan fingerprint density at radius 2 is 1.58 bits per heavy atom. The van der Waals surface area contributed by atoms with Crippen molar-refractivity contribution >= 4 is 17.5 Å². The van der Waals surface area contributed by atoms with Crippen LogP contribution in [-0.4, -0.2) is 23.3 Å². The van der Waals surface area contributed by atoms with Crippen LogP contribution in [0.3, 0.4) is 0 Å². The summed E-state index contributed by atoms with van der Waals surface area (Å²) in [5.74, 6) is -1.33. The molecule has 2 amide bonds. The Hall–Kier alpha value is -2.90. The van der Waals surface area contributed by atoms with E-state index in [2.05, 4.69) is 5.32 Å². The van der Waals surface area contributed by atoms with E-state index in [1.54, 1.807) is 0 Å². The maximum atomic E-state index is 12.9. The number of benzene rings is 2. The van der Waals surface area contributed by atoms with Gasteiger partial charge in [0, 0.05) is 19.2 Å². The number of carbonyl (C=O) groups excluding carboxylic acids is 2. The molecule has 4 nitrogen and oxygen atoms in total. The normalized spacial score (nSPS) is 11.1. The van der Waals surface area contributed by atoms with Crippen molar-refractivity contribution in [1.29, 1.82) is 0 Å². The molecule has 0 spiro atoms. The Labute approximate surface area is 147 Å². The highest BCUT2D eigenvalue weighted by Crippen LogP contribution is 2.29. The van der Waals surface area contributed by atoms with Crippen LogP contribution in [0.2, 0.25) is 0 Å². The summed E-state index contributed by atoms with van der Waals surface area (Å²) in [6.07, 6.45) is -4.46. The Bertz CT molecular complexity index is 771. The SMILES string of the molecule is CC(=O)N(CC(=O)Nc1ccc(C(F)(F)F)cc1)Cc1ccc(F)cc1. The molecule has 0 heterocycles. The van der Waals surface area contributed by atoms with E-state index in [1.165, 1.54) is 36.1 Å². The number of carbonyl (C=O) groups is 2. The fourth-order valence-electron chi connectivity index (χ4n) is 2.21. The molecular formula is C18H16F4N2O2. The third-order valence-corrected chi connectivity index (χ3v) is 3.56. The van der Waals surface area contributed by atoms with E-state index in [0.29, 0.717) is 5.56 Å². The van der Waals surface area contributed by atoms with E-state index >= 15 is 0 Å². The van der Waals surface area contributed by atoms with Gasteiger partial charge in [0.1, 0.15) is 12.4 Å². The van der Waals surface area contributed by atoms with Crippen LogP contribution in [0.5, 0.6) is 0 Å². The van der Waals surface area contributed by atoms with E-state index in [9.17, 15) is 27.2 Å². The van der Waals surface area contributed by atoms with E-state index < -0.39 is 23.5 Å². The van der Waals surface area contributed by atoms with E-state index in [0.717, 1.165) is 24.3 Å². The first kappa shape index (κ1) is 19.4. The number of hydrogen-bond acceptors (Lipinski definition) is 2. The molecule has 1 N–H and O–H groups in total. The monoisotopic (exact) mass is 368 g/mol. The minimum absolute atomic E-state index is 0.107. The maximum Gasteiger partial charge on any atom is 0.416 e. The maximum absolute atomic E-state index is 12.9. The number of nitrogens with one attached hydrogen (secondary N) is 1. The topological polar surface area (TPSA) is 49.4 Å². The molecule has 0 fully saturated rings. The molecule has 0 aromatic heterocycles. The van der Waals surface area contributed by atoms with Gasteiger partial charge in [0.05, 0.1) is 5.56 Å². The summed E-state index contributed by atoms with van der Waals surface area (Å²) in [5, 5.41) is 2.44. The van der Waals surface area contributed by atoms with Crippen LogP contribution in [0.25, 0.3) is 0 Å². The first-order chi connectivity index (χ1) is 12.1. The Morgan fingerprint density at radius 3 is 2.08 bits per heavy atom. The van der Waals surface area contributed by atoms with Gasteiger partial charge >= 0.3 is 6.18 Å². The standard InChI is InChI=1S/C18H16F4N2O2/c1-12(25)24(10-13-2-6-15(19)7-3-13)11-17(26)23-16-8-4-14(5-9-16)18(20,21)22/h2-9H,10-11H2,1H3,(H,23,26). The fraction of sp³-hybridized carbons (Fsp3) is 0.222. The fourth-order valence-corrected chi connectivity index (χ4v) is 2.21. The Balaban J connectivity index is 1.99. The number of alkyl halides is 3. The highest BCUT2D eigenvalue weighted by Gasteiger charge is 2.30. The molecule has 2 aromatic carbocycles. The molecule has 0 aliphatic carbocycles. The van der Waals surface area contributed by atoms with Crippen LogP contribution in [0.4, 0.5) is 23.2 Å². The second-order valence-corrected chi connectivity index (χ2v) is 5.62. The second kappa shape index (κ2) is 7.99. The molecule has 0 atom stereocenters. The first-order valence-electron chi connectivity index (χ1n) is 7.62. The van der Waals surface area contributed by atoms with Crippen LogP contribution in [0, 0.1) is 5.82 Å². The van der Waals surface area contributed by atoms with Gasteiger partial charge in [0.2, 0.25) is 11.8 Å². The summed E-state index contributed by atoms with van der Waals surface area (Å²) >= 11 is 0. The van der Waals surface area contributed by atoms with Gasteiger partial charge in [-0.05, 0) is 42.0 Å². The quantitative estimate of drug-likeness (QED) is 0.816. The lowest BCUT2D eigenvalue weighted by atomic mass is 10.2. The minimum atomic E-state index is -4.46. The van der Waals surface area contributed by atoms with Gasteiger partial charge < -0.3 is 10.2 Å². The van der Waals surface area contributed by atoms with Gasteiger partial charge in [-0.2, -0.15) is 13.2 Å². The van der Waals surface area contributed by atoms with Crippen LogP contribution in [0.15, 0.2) is 48.5 Å². The van der Waals surface area contributed by atoms with Gasteiger partial charge in [-0.15, -0.1) is 0 Å². The molecule has 0 unspecified atom stereocenters. The lowest BCUT2D eigenvalue weighted by molar-refractivity contribution is -0.137. The molecule has 0 bridgehead atoms. The van der Waals surface area contributed by atoms with Crippen molar-refractivity contribution in [2.75, 3.05) is 11.9 Å². The zero-order valence-electron chi connectivity index (χ0n) is 13.8. The zero-order valence-corrected chi connectivity index (χ0v) is 13.8. The van der Waals surface area contributed by atoms with Crippen molar-refractivity contribution in [1.82, 2.24) is 4.90 Å². The molecule has 0 radical (unpaired) electrons. The van der Waals surface area contributed by atoms with Crippen molar-refractivity contribution < 1.29 is 27.2 Å². The van der Waals surface area contributed by atoms with Crippen molar-refractivity contribution in [3.8, 4) is 0 Å². The van der Waals surface area contributed by atoms with Crippen molar-refractivity contribution in [2.45, 2.75) is 19.6 Å². The Morgan fingerprint density at radius 1 is 1.00 bits per heavy atom. The number of rotatable bonds is 5. The van der Waals surface area contributed by atoms with E-state index in [1.807, 2.05) is 0 Å². The first-order valence-corrected chi connectivity index (χ1v) is 7.62. The van der Waals surface area contributed by atoms with Crippen molar-refractivity contribution in [3.63, 3.8) is 0 Å². The number of amides is 2. The molecule has 8 heteroatoms. The summed E-state index contributed by atoms with van der Waals surface area (Å²) in [6.45, 7) is 1.11. The van der Waals surface area contributed by atoms with E-state index in [4.69, 9.17) is 0 Å². The number of anilines is 1. The second-order valence-electron chi connectivity index (χ2n) is 5.62. The highest BCUT2D eigenvalue weighted by atomic mass is 19.4. The summed E-state index contributed by atoms with van der Waals surface area (Å²) in [7, 11) is 0. The zero-order chi connectivity index (χ0) is 19.3. The Kier molecular flexibility index (Phi) is 5.97. The molecule has 2 rings (SSSR count). The highest BCUT2D eigenvalue weighted by molar-refractivity contribution is 5.94. The number of hydrogen-bond donors (Lipinski definition) is 1. The van der Waals surface area contributed by atoms with E-state index in [-0.39, 0.29) is 24.7 Å². The van der Waals surface area contributed by atoms with Crippen molar-refractivity contribution in [2.24, 2.45) is 0 Å². The number of nitrogens with zero attached hydrogens (tertiary/aromatic N) is 1. The molecule has 0 saturated heterocycles. The molecule has 2 aromatic rings. The van der Waals surface area contributed by atoms with Crippen LogP contribution in [-0.2, 0) is 22.3 Å². The average molecular weight is 368 g/mol.